The molecule has 0 aromatic carbocycles. The molecule has 6 aliphatic rings. The predicted octanol–water partition coefficient (Wildman–Crippen LogP) is 23.9. The van der Waals surface area contributed by atoms with E-state index in [4.69, 9.17) is 61.8 Å². The zero-order valence-electron chi connectivity index (χ0n) is 87.2. The number of aryl methyl sites for hydroxylation is 9. The van der Waals surface area contributed by atoms with Gasteiger partial charge in [0.2, 0.25) is 0 Å². The van der Waals surface area contributed by atoms with E-state index in [0.29, 0.717) is 64.1 Å². The second-order valence-corrected chi connectivity index (χ2v) is 39.0. The van der Waals surface area contributed by atoms with Gasteiger partial charge in [-0.05, 0) is 318 Å². The number of nitrogens with one attached hydrogen (secondary N) is 5. The molecule has 6 aliphatic carbocycles. The van der Waals surface area contributed by atoms with E-state index in [2.05, 4.69) is 211 Å². The van der Waals surface area contributed by atoms with Crippen LogP contribution in [0.4, 0.5) is 58.2 Å². The van der Waals surface area contributed by atoms with Gasteiger partial charge in [0, 0.05) is 225 Å². The van der Waals surface area contributed by atoms with Crippen molar-refractivity contribution in [2.24, 2.45) is 13.0 Å². The number of pyridine rings is 14. The number of hydrogen-bond acceptors (Lipinski definition) is 26. The number of allylic oxidation sites excluding steroid dienone is 4. The summed E-state index contributed by atoms with van der Waals surface area (Å²) in [6, 6.07) is 34.2. The third-order valence-corrected chi connectivity index (χ3v) is 28.1. The number of thiophene rings is 1. The van der Waals surface area contributed by atoms with E-state index >= 15 is 0 Å². The zero-order valence-corrected chi connectivity index (χ0v) is 88.1. The molecular formula is C118H132N30OS. The number of hydrogen-bond donors (Lipinski definition) is 15. The number of nitrogens with zero attached hydrogens (tertiary/aromatic N) is 15. The Morgan fingerprint density at radius 3 is 1.61 bits per heavy atom. The van der Waals surface area contributed by atoms with Gasteiger partial charge in [-0.1, -0.05) is 57.6 Å². The summed E-state index contributed by atoms with van der Waals surface area (Å²) in [7, 11) is 1.99. The number of anilines is 10. The molecule has 150 heavy (non-hydrogen) atoms. The Morgan fingerprint density at radius 2 is 0.947 bits per heavy atom. The lowest BCUT2D eigenvalue weighted by atomic mass is 10.0. The highest BCUT2D eigenvalue weighted by Crippen LogP contribution is 2.39. The smallest absolute Gasteiger partial charge is 0.176 e. The van der Waals surface area contributed by atoms with Gasteiger partial charge in [-0.2, -0.15) is 0 Å². The molecule has 28 rings (SSSR count). The third kappa shape index (κ3) is 26.1. The lowest BCUT2D eigenvalue weighted by molar-refractivity contribution is 0.613. The zero-order chi connectivity index (χ0) is 106. The fraction of sp³-hybridized carbons (Fsp3) is 0.220. The van der Waals surface area contributed by atoms with Crippen molar-refractivity contribution in [2.75, 3.05) is 57.3 Å². The van der Waals surface area contributed by atoms with E-state index in [0.717, 1.165) is 125 Å². The number of rotatable bonds is 0. The number of furan rings is 1. The number of H-pyrrole nitrogens is 5. The number of aromatic nitrogens is 20. The molecule has 0 bridgehead atoms. The molecule has 31 nitrogen and oxygen atoms in total. The topological polar surface area (TPSA) is 538 Å². The van der Waals surface area contributed by atoms with Crippen molar-refractivity contribution < 1.29 is 4.42 Å². The molecule has 4 atom stereocenters. The second-order valence-electron chi connectivity index (χ2n) is 38.1. The number of nitrogen functional groups attached to an aromatic ring is 10. The quantitative estimate of drug-likeness (QED) is 0.0670. The second kappa shape index (κ2) is 49.3. The lowest BCUT2D eigenvalue weighted by Crippen LogP contribution is -1.98. The van der Waals surface area contributed by atoms with Crippen LogP contribution in [0.1, 0.15) is 178 Å². The fourth-order valence-corrected chi connectivity index (χ4v) is 19.8. The standard InChI is InChI=1S/C9H12N2.C9H10N2.C9H12N2.C9H10N2.C9H12N2.C9H10N2.2C8H9N3.C8H8N2O.C8H8N2S.4C8H8N2/c2*1-6-4-7-2-3-11-9(10)8(7)5-6;2*1-6-2-3-8-7(6)4-5-11-9(8)10;2*1-6-2-3-7-4-5-11-9(10)8(6)7;1-11-5-3-6-7(11)2-4-10-8(6)9;3*1-5-4-11-7-6(5)2-3-10-8(7)9;1-6-4-10-8-2-3-9-5-7(6)8;1-6-4-7-5-9-3-2-8(7)10-6;1-6-4-10-8-5-9-3-2-7(6)8;1-6-4-7-2-3-9-5-8(7)10-6/h2-3,6H,4-5H2,1H3,(H2,10,11);2-3,5H,4H2,1H3,(H2,10,11);4-6H,2-3H2,1H3,(H2,10,11);2-6H,1H3,(H2,10,11);4-6H,2-3H2,1H3,(H2,10,11);2,4-5H,3H2,1H3,(H2,10,11);2-5H,1H3,(H2,9,10);2-4,11H,1H3,(H2,9,10);2*2-4H,1H3,(H2,9,10);4*2-5,10H,1H3. The van der Waals surface area contributed by atoms with Crippen molar-refractivity contribution in [2.45, 2.75) is 159 Å². The first kappa shape index (κ1) is 106. The van der Waals surface area contributed by atoms with E-state index in [-0.39, 0.29) is 0 Å². The molecule has 25 N–H and O–H groups in total. The Labute approximate surface area is 876 Å². The van der Waals surface area contributed by atoms with Gasteiger partial charge in [-0.15, -0.1) is 11.3 Å². The highest BCUT2D eigenvalue weighted by Gasteiger charge is 2.24. The van der Waals surface area contributed by atoms with E-state index in [1.54, 1.807) is 98.2 Å². The summed E-state index contributed by atoms with van der Waals surface area (Å²) >= 11 is 1.65. The molecule has 22 heterocycles. The lowest BCUT2D eigenvalue weighted by Gasteiger charge is -2.05. The molecule has 0 saturated heterocycles. The molecular weight excluding hydrogens is 1890 g/mol. The van der Waals surface area contributed by atoms with Gasteiger partial charge < -0.3 is 91.2 Å². The van der Waals surface area contributed by atoms with Crippen LogP contribution in [-0.2, 0) is 45.6 Å². The molecule has 22 aromatic heterocycles. The summed E-state index contributed by atoms with van der Waals surface area (Å²) in [5, 5.41) is 11.4. The summed E-state index contributed by atoms with van der Waals surface area (Å²) in [6.45, 7) is 27.4. The van der Waals surface area contributed by atoms with Gasteiger partial charge in [0.25, 0.3) is 0 Å². The molecule has 32 heteroatoms. The van der Waals surface area contributed by atoms with E-state index in [1.807, 2.05) is 174 Å². The molecule has 0 amide bonds. The number of nitrogens with two attached hydrogens (primary N) is 10. The van der Waals surface area contributed by atoms with Crippen LogP contribution in [0.3, 0.4) is 0 Å². The van der Waals surface area contributed by atoms with E-state index < -0.39 is 0 Å². The maximum absolute atomic E-state index is 5.75. The Morgan fingerprint density at radius 1 is 0.400 bits per heavy atom. The summed E-state index contributed by atoms with van der Waals surface area (Å²) in [4.78, 5) is 71.9. The predicted molar refractivity (Wildman–Crippen MR) is 620 cm³/mol. The highest BCUT2D eigenvalue weighted by molar-refractivity contribution is 7.18. The largest absolute Gasteiger partial charge is 0.460 e. The van der Waals surface area contributed by atoms with Crippen LogP contribution in [0.15, 0.2) is 273 Å². The average Bonchev–Trinajstić information content (AvgIpc) is 1.68. The third-order valence-electron chi connectivity index (χ3n) is 27.0. The van der Waals surface area contributed by atoms with E-state index in [1.165, 1.54) is 147 Å². The van der Waals surface area contributed by atoms with Gasteiger partial charge in [0.1, 0.15) is 52.4 Å². The van der Waals surface area contributed by atoms with Crippen LogP contribution in [-0.4, -0.2) is 99.3 Å². The van der Waals surface area contributed by atoms with Crippen molar-refractivity contribution in [3.05, 3.63) is 375 Å². The molecule has 0 aliphatic heterocycles. The number of fused-ring (bicyclic) bond motifs is 14. The normalized spacial score (nSPS) is 14.3. The van der Waals surface area contributed by atoms with Crippen LogP contribution in [0, 0.1) is 54.4 Å². The van der Waals surface area contributed by atoms with Gasteiger partial charge in [0.15, 0.2) is 11.4 Å². The van der Waals surface area contributed by atoms with E-state index in [9.17, 15) is 0 Å². The molecule has 766 valence electrons. The molecule has 4 unspecified atom stereocenters. The molecule has 0 saturated carbocycles. The Bertz CT molecular complexity index is 7940. The summed E-state index contributed by atoms with van der Waals surface area (Å²) in [5.74, 6) is 8.93. The first-order valence-corrected chi connectivity index (χ1v) is 50.7. The minimum absolute atomic E-state index is 0.454. The Balaban J connectivity index is 0.000000121. The van der Waals surface area contributed by atoms with Crippen LogP contribution in [0.2, 0.25) is 0 Å². The Hall–Kier alpha value is -17.9. The average molecular weight is 2020 g/mol. The molecule has 22 aromatic rings. The summed E-state index contributed by atoms with van der Waals surface area (Å²) in [6.07, 6.45) is 59.3. The molecule has 0 fully saturated rings. The highest BCUT2D eigenvalue weighted by atomic mass is 32.1. The van der Waals surface area contributed by atoms with Crippen molar-refractivity contribution >= 4 is 174 Å². The summed E-state index contributed by atoms with van der Waals surface area (Å²) < 4.78 is 8.32. The van der Waals surface area contributed by atoms with Crippen molar-refractivity contribution in [1.82, 2.24) is 99.3 Å². The molecule has 0 spiro atoms. The van der Waals surface area contributed by atoms with Crippen LogP contribution < -0.4 is 57.3 Å². The van der Waals surface area contributed by atoms with Crippen molar-refractivity contribution in [3.8, 4) is 0 Å². The van der Waals surface area contributed by atoms with Gasteiger partial charge in [0.05, 0.1) is 45.4 Å². The summed E-state index contributed by atoms with van der Waals surface area (Å²) in [5.41, 5.74) is 90.4. The molecule has 0 radical (unpaired) electrons. The van der Waals surface area contributed by atoms with Crippen LogP contribution >= 0.6 is 11.3 Å². The number of aromatic amines is 5. The first-order chi connectivity index (χ1) is 72.3. The van der Waals surface area contributed by atoms with Crippen molar-refractivity contribution in [1.29, 1.82) is 0 Å². The van der Waals surface area contributed by atoms with Gasteiger partial charge in [-0.25, -0.2) is 49.8 Å². The van der Waals surface area contributed by atoms with Crippen LogP contribution in [0.25, 0.3) is 104 Å². The van der Waals surface area contributed by atoms with Gasteiger partial charge >= 0.3 is 0 Å². The maximum Gasteiger partial charge on any atom is 0.176 e. The monoisotopic (exact) mass is 2020 g/mol. The SMILES string of the molecule is CC1=CCc2ccnc(N)c21.CC1=Cc2c(ccnc2N)C1.CC1C=Cc2c1ccnc2N.CC1CCc2c1ccnc2N.CC1CCc2ccnc(N)c21.CC1Cc2ccnc(N)c2C1.Cc1c[nH]c2c(N)nccc12.Cc1c[nH]c2ccncc12.Cc1c[nH]c2cnccc12.Cc1cc2ccncc2[nH]1.Cc1cc2cnccc2[nH]1.Cc1coc2c(N)nccc12.Cc1csc2c(N)nccc12.Cn1ccc2c(N)nccc21. The Kier molecular flexibility index (Phi) is 34.9. The van der Waals surface area contributed by atoms with Crippen LogP contribution in [0.5, 0.6) is 0 Å². The van der Waals surface area contributed by atoms with Crippen molar-refractivity contribution in [3.63, 3.8) is 0 Å². The minimum Gasteiger partial charge on any atom is -0.460 e. The minimum atomic E-state index is 0.454. The van der Waals surface area contributed by atoms with Gasteiger partial charge in [-0.3, -0.25) is 19.9 Å². The maximum atomic E-state index is 5.75. The first-order valence-electron chi connectivity index (χ1n) is 49.8. The fourth-order valence-electron chi connectivity index (χ4n) is 18.9.